The molecule has 2 atom stereocenters. The number of unbranched alkanes of at least 4 members (excludes halogenated alkanes) is 15. The highest BCUT2D eigenvalue weighted by atomic mass is 31.2. The molecule has 3 N–H and O–H groups in total. The van der Waals surface area contributed by atoms with Gasteiger partial charge >= 0.3 is 13.8 Å². The molecule has 0 aromatic heterocycles. The van der Waals surface area contributed by atoms with Gasteiger partial charge in [-0.05, 0) is 38.5 Å². The van der Waals surface area contributed by atoms with Crippen LogP contribution in [0.4, 0.5) is 0 Å². The first-order valence-electron chi connectivity index (χ1n) is 19.8. The van der Waals surface area contributed by atoms with Crippen LogP contribution in [0, 0.1) is 0 Å². The minimum atomic E-state index is -4.30. The summed E-state index contributed by atoms with van der Waals surface area (Å²) in [7, 11) is -4.30. The van der Waals surface area contributed by atoms with Gasteiger partial charge in [-0.25, -0.2) is 4.57 Å². The van der Waals surface area contributed by atoms with Crippen molar-refractivity contribution in [2.45, 2.75) is 161 Å². The van der Waals surface area contributed by atoms with Crippen LogP contribution in [0.3, 0.4) is 0 Å². The van der Waals surface area contributed by atoms with Gasteiger partial charge in [-0.1, -0.05) is 171 Å². The maximum absolute atomic E-state index is 12.5. The summed E-state index contributed by atoms with van der Waals surface area (Å²) in [5, 5.41) is 0. The molecule has 50 heavy (non-hydrogen) atoms. The zero-order valence-electron chi connectivity index (χ0n) is 31.9. The van der Waals surface area contributed by atoms with E-state index in [0.717, 1.165) is 38.5 Å². The number of hydrogen-bond donors (Lipinski definition) is 2. The highest BCUT2D eigenvalue weighted by Crippen LogP contribution is 2.43. The number of carbonyl (C=O) groups is 1. The Labute approximate surface area is 306 Å². The monoisotopic (exact) mass is 724 g/mol. The Kier molecular flexibility index (Phi) is 37.0. The molecule has 0 radical (unpaired) electrons. The quantitative estimate of drug-likeness (QED) is 0.0281. The zero-order chi connectivity index (χ0) is 36.6. The molecule has 0 bridgehead atoms. The molecule has 290 valence electrons. The van der Waals surface area contributed by atoms with Crippen molar-refractivity contribution in [3.8, 4) is 0 Å². The maximum atomic E-state index is 12.5. The SMILES string of the molecule is CC/C=C\C/C=C\C/C=C\C/C=C\C/C=C\CC(=O)OC(COCCCCCCCCCCCCCCCCCC)COP(=O)(O)OCCN. The predicted molar refractivity (Wildman–Crippen MR) is 210 cm³/mol. The molecule has 0 aromatic rings. The second kappa shape index (κ2) is 38.4. The van der Waals surface area contributed by atoms with E-state index in [4.69, 9.17) is 24.3 Å². The zero-order valence-corrected chi connectivity index (χ0v) is 32.8. The van der Waals surface area contributed by atoms with E-state index in [2.05, 4.69) is 62.5 Å². The number of allylic oxidation sites excluding steroid dienone is 9. The Morgan fingerprint density at radius 3 is 1.50 bits per heavy atom. The van der Waals surface area contributed by atoms with Gasteiger partial charge in [0, 0.05) is 13.2 Å². The number of phosphoric acid groups is 1. The van der Waals surface area contributed by atoms with Crippen molar-refractivity contribution in [2.24, 2.45) is 5.73 Å². The van der Waals surface area contributed by atoms with Gasteiger partial charge in [0.1, 0.15) is 6.10 Å². The largest absolute Gasteiger partial charge is 0.472 e. The predicted octanol–water partition coefficient (Wildman–Crippen LogP) is 11.4. The maximum Gasteiger partial charge on any atom is 0.472 e. The fourth-order valence-corrected chi connectivity index (χ4v) is 5.90. The van der Waals surface area contributed by atoms with E-state index in [1.807, 2.05) is 6.08 Å². The third kappa shape index (κ3) is 37.5. The highest BCUT2D eigenvalue weighted by Gasteiger charge is 2.25. The van der Waals surface area contributed by atoms with Gasteiger partial charge in [-0.15, -0.1) is 0 Å². The molecule has 0 saturated carbocycles. The second-order valence-corrected chi connectivity index (χ2v) is 14.2. The standard InChI is InChI=1S/C41H74NO7P/c1-3-5-7-9-11-13-15-17-19-21-23-25-27-29-31-33-36-46-38-40(39-48-50(44,45)47-37-35-42)49-41(43)34-32-30-28-26-24-22-20-18-16-14-12-10-8-6-4-2/h6,8,12,14,18,20,24,26,30,32,40H,3-5,7,9-11,13,15-17,19,21-23,25,27-29,31,33-39,42H2,1-2H3,(H,44,45)/b8-6-,14-12-,20-18-,26-24-,32-30-. The van der Waals surface area contributed by atoms with Crippen LogP contribution in [0.25, 0.3) is 0 Å². The number of esters is 1. The Hall–Kier alpha value is -1.80. The molecule has 0 heterocycles. The summed E-state index contributed by atoms with van der Waals surface area (Å²) in [6.45, 7) is 4.67. The van der Waals surface area contributed by atoms with Crippen molar-refractivity contribution >= 4 is 13.8 Å². The highest BCUT2D eigenvalue weighted by molar-refractivity contribution is 7.47. The van der Waals surface area contributed by atoms with E-state index in [1.54, 1.807) is 6.08 Å². The van der Waals surface area contributed by atoms with Gasteiger partial charge in [0.05, 0.1) is 26.2 Å². The lowest BCUT2D eigenvalue weighted by Gasteiger charge is -2.19. The van der Waals surface area contributed by atoms with Gasteiger partial charge < -0.3 is 20.1 Å². The molecule has 2 unspecified atom stereocenters. The van der Waals surface area contributed by atoms with Crippen molar-refractivity contribution in [1.82, 2.24) is 0 Å². The van der Waals surface area contributed by atoms with Crippen LogP contribution in [0.2, 0.25) is 0 Å². The Morgan fingerprint density at radius 2 is 1.04 bits per heavy atom. The van der Waals surface area contributed by atoms with Crippen molar-refractivity contribution in [3.63, 3.8) is 0 Å². The molecule has 0 aliphatic heterocycles. The van der Waals surface area contributed by atoms with Crippen LogP contribution in [-0.4, -0.2) is 49.9 Å². The molecule has 0 saturated heterocycles. The molecule has 0 aliphatic rings. The molecule has 0 amide bonds. The van der Waals surface area contributed by atoms with E-state index in [9.17, 15) is 14.3 Å². The Morgan fingerprint density at radius 1 is 0.600 bits per heavy atom. The van der Waals surface area contributed by atoms with Gasteiger partial charge in [0.2, 0.25) is 0 Å². The first-order chi connectivity index (χ1) is 24.4. The van der Waals surface area contributed by atoms with Crippen molar-refractivity contribution in [2.75, 3.05) is 33.0 Å². The summed E-state index contributed by atoms with van der Waals surface area (Å²) < 4.78 is 33.2. The smallest absolute Gasteiger partial charge is 0.457 e. The summed E-state index contributed by atoms with van der Waals surface area (Å²) in [6.07, 6.45) is 45.5. The number of ether oxygens (including phenoxy) is 2. The van der Waals surface area contributed by atoms with Crippen LogP contribution in [-0.2, 0) is 27.9 Å². The molecule has 0 aliphatic carbocycles. The summed E-state index contributed by atoms with van der Waals surface area (Å²) in [5.74, 6) is -0.457. The van der Waals surface area contributed by atoms with E-state index >= 15 is 0 Å². The third-order valence-corrected chi connectivity index (χ3v) is 8.97. The minimum Gasteiger partial charge on any atom is -0.457 e. The van der Waals surface area contributed by atoms with Crippen molar-refractivity contribution in [3.05, 3.63) is 60.8 Å². The summed E-state index contributed by atoms with van der Waals surface area (Å²) >= 11 is 0. The van der Waals surface area contributed by atoms with Gasteiger partial charge in [0.25, 0.3) is 0 Å². The Balaban J connectivity index is 4.20. The lowest BCUT2D eigenvalue weighted by Crippen LogP contribution is -2.28. The topological polar surface area (TPSA) is 117 Å². The summed E-state index contributed by atoms with van der Waals surface area (Å²) in [6, 6.07) is 0. The second-order valence-electron chi connectivity index (χ2n) is 12.8. The number of rotatable bonds is 37. The molecular formula is C41H74NO7P. The molecule has 0 aromatic carbocycles. The number of carbonyl (C=O) groups excluding carboxylic acids is 1. The van der Waals surface area contributed by atoms with Crippen molar-refractivity contribution in [1.29, 1.82) is 0 Å². The average Bonchev–Trinajstić information content (AvgIpc) is 3.10. The number of hydrogen-bond acceptors (Lipinski definition) is 7. The van der Waals surface area contributed by atoms with E-state index in [0.29, 0.717) is 13.0 Å². The molecule has 0 rings (SSSR count). The molecule has 9 heteroatoms. The first kappa shape index (κ1) is 48.2. The molecule has 0 spiro atoms. The number of nitrogens with two attached hydrogens (primary N) is 1. The number of phosphoric ester groups is 1. The van der Waals surface area contributed by atoms with Crippen LogP contribution < -0.4 is 5.73 Å². The van der Waals surface area contributed by atoms with Crippen LogP contribution in [0.1, 0.15) is 155 Å². The lowest BCUT2D eigenvalue weighted by molar-refractivity contribution is -0.153. The van der Waals surface area contributed by atoms with Crippen LogP contribution in [0.15, 0.2) is 60.8 Å². The van der Waals surface area contributed by atoms with Crippen LogP contribution in [0.5, 0.6) is 0 Å². The first-order valence-corrected chi connectivity index (χ1v) is 21.3. The fraction of sp³-hybridized carbons (Fsp3) is 0.732. The average molecular weight is 724 g/mol. The molecular weight excluding hydrogens is 649 g/mol. The van der Waals surface area contributed by atoms with E-state index in [-0.39, 0.29) is 32.8 Å². The van der Waals surface area contributed by atoms with Gasteiger partial charge in [0.15, 0.2) is 0 Å². The summed E-state index contributed by atoms with van der Waals surface area (Å²) in [5.41, 5.74) is 5.35. The fourth-order valence-electron chi connectivity index (χ4n) is 5.13. The van der Waals surface area contributed by atoms with E-state index < -0.39 is 19.9 Å². The van der Waals surface area contributed by atoms with Gasteiger partial charge in [-0.2, -0.15) is 0 Å². The minimum absolute atomic E-state index is 0.0764. The summed E-state index contributed by atoms with van der Waals surface area (Å²) in [4.78, 5) is 22.3. The lowest BCUT2D eigenvalue weighted by atomic mass is 10.0. The normalized spacial score (nSPS) is 14.2. The van der Waals surface area contributed by atoms with Crippen molar-refractivity contribution < 1.29 is 32.8 Å². The Bertz CT molecular complexity index is 947. The van der Waals surface area contributed by atoms with Gasteiger partial charge in [-0.3, -0.25) is 13.8 Å². The molecule has 0 fully saturated rings. The third-order valence-electron chi connectivity index (χ3n) is 7.98. The van der Waals surface area contributed by atoms with E-state index in [1.165, 1.54) is 89.9 Å². The van der Waals surface area contributed by atoms with Crippen LogP contribution >= 0.6 is 7.82 Å². The molecule has 8 nitrogen and oxygen atoms in total.